The lowest BCUT2D eigenvalue weighted by Crippen LogP contribution is -2.68. The second kappa shape index (κ2) is 6.26. The van der Waals surface area contributed by atoms with Crippen LogP contribution in [-0.4, -0.2) is 85.0 Å². The van der Waals surface area contributed by atoms with E-state index >= 15 is 0 Å². The van der Waals surface area contributed by atoms with Crippen molar-refractivity contribution in [2.75, 3.05) is 46.0 Å². The number of hydrogen-bond donors (Lipinski definition) is 0. The van der Waals surface area contributed by atoms with Crippen molar-refractivity contribution >= 4 is 10.0 Å². The maximum Gasteiger partial charge on any atom is 0.260 e. The van der Waals surface area contributed by atoms with Crippen molar-refractivity contribution in [3.05, 3.63) is 11.8 Å². The lowest BCUT2D eigenvalue weighted by Gasteiger charge is -2.57. The number of nitrogens with zero attached hydrogens (tertiary/aromatic N) is 4. The van der Waals surface area contributed by atoms with E-state index in [1.54, 1.807) is 22.1 Å². The predicted molar refractivity (Wildman–Crippen MR) is 105 cm³/mol. The van der Waals surface area contributed by atoms with Gasteiger partial charge in [0, 0.05) is 56.7 Å². The van der Waals surface area contributed by atoms with E-state index in [0.717, 1.165) is 70.7 Å². The molecule has 29 heavy (non-hydrogen) atoms. The van der Waals surface area contributed by atoms with Crippen molar-refractivity contribution in [1.29, 1.82) is 0 Å². The van der Waals surface area contributed by atoms with Gasteiger partial charge in [0.1, 0.15) is 0 Å². The Labute approximate surface area is 172 Å². The Kier molecular flexibility index (Phi) is 4.05. The summed E-state index contributed by atoms with van der Waals surface area (Å²) in [5.74, 6) is 0.450. The minimum atomic E-state index is -3.50. The first kappa shape index (κ1) is 18.7. The summed E-state index contributed by atoms with van der Waals surface area (Å²) in [6.45, 7) is 5.89. The Morgan fingerprint density at radius 1 is 1.17 bits per heavy atom. The standard InChI is InChI=1S/C20H30N4O4S/c1-22-18(8-17(21-22)15-2-3-15)29(25,26)24-6-4-20(5-7-24)9-16(10-28-20)23-11-19(12-23)13-27-14-19/h8,15-16H,2-7,9-14H2,1H3/t16-/m1/s1. The highest BCUT2D eigenvalue weighted by Gasteiger charge is 2.54. The lowest BCUT2D eigenvalue weighted by molar-refractivity contribution is -0.197. The summed E-state index contributed by atoms with van der Waals surface area (Å²) in [6.07, 6.45) is 4.81. The Bertz CT molecular complexity index is 905. The van der Waals surface area contributed by atoms with E-state index in [1.165, 1.54) is 0 Å². The number of aryl methyl sites for hydroxylation is 1. The first-order valence-electron chi connectivity index (χ1n) is 10.9. The number of piperidine rings is 1. The molecule has 1 aromatic rings. The highest BCUT2D eigenvalue weighted by Crippen LogP contribution is 2.45. The van der Waals surface area contributed by atoms with Gasteiger partial charge < -0.3 is 9.47 Å². The number of ether oxygens (including phenoxy) is 2. The number of likely N-dealkylation sites (tertiary alicyclic amines) is 1. The van der Waals surface area contributed by atoms with Crippen LogP contribution in [0.4, 0.5) is 0 Å². The van der Waals surface area contributed by atoms with Gasteiger partial charge in [-0.2, -0.15) is 9.40 Å². The van der Waals surface area contributed by atoms with Gasteiger partial charge in [-0.05, 0) is 32.1 Å². The second-order valence-corrected chi connectivity index (χ2v) is 11.8. The molecule has 5 heterocycles. The molecule has 0 unspecified atom stereocenters. The van der Waals surface area contributed by atoms with Gasteiger partial charge in [-0.3, -0.25) is 9.58 Å². The third-order valence-electron chi connectivity index (χ3n) is 7.69. The molecule has 1 atom stereocenters. The molecule has 8 nitrogen and oxygen atoms in total. The van der Waals surface area contributed by atoms with Gasteiger partial charge in [-0.15, -0.1) is 0 Å². The monoisotopic (exact) mass is 422 g/mol. The summed E-state index contributed by atoms with van der Waals surface area (Å²) >= 11 is 0. The molecule has 6 rings (SSSR count). The van der Waals surface area contributed by atoms with Gasteiger partial charge in [0.05, 0.1) is 31.1 Å². The molecule has 4 saturated heterocycles. The molecular weight excluding hydrogens is 392 g/mol. The third-order valence-corrected chi connectivity index (χ3v) is 9.64. The maximum absolute atomic E-state index is 13.2. The maximum atomic E-state index is 13.2. The van der Waals surface area contributed by atoms with Gasteiger partial charge in [0.2, 0.25) is 0 Å². The number of hydrogen-bond acceptors (Lipinski definition) is 6. The Balaban J connectivity index is 1.09. The van der Waals surface area contributed by atoms with Gasteiger partial charge in [0.15, 0.2) is 5.03 Å². The Morgan fingerprint density at radius 3 is 2.52 bits per heavy atom. The van der Waals surface area contributed by atoms with Crippen molar-refractivity contribution in [2.45, 2.75) is 54.7 Å². The van der Waals surface area contributed by atoms with E-state index in [0.29, 0.717) is 35.5 Å². The molecule has 0 N–H and O–H groups in total. The smallest absolute Gasteiger partial charge is 0.260 e. The van der Waals surface area contributed by atoms with E-state index in [2.05, 4.69) is 10.00 Å². The summed E-state index contributed by atoms with van der Waals surface area (Å²) in [5, 5.41) is 4.77. The van der Waals surface area contributed by atoms with Gasteiger partial charge in [0.25, 0.3) is 10.0 Å². The highest BCUT2D eigenvalue weighted by molar-refractivity contribution is 7.89. The van der Waals surface area contributed by atoms with E-state index in [1.807, 2.05) is 0 Å². The van der Waals surface area contributed by atoms with Crippen molar-refractivity contribution in [3.63, 3.8) is 0 Å². The van der Waals surface area contributed by atoms with Crippen LogP contribution in [-0.2, 0) is 26.5 Å². The van der Waals surface area contributed by atoms with Crippen LogP contribution in [0, 0.1) is 5.41 Å². The van der Waals surface area contributed by atoms with Gasteiger partial charge in [-0.1, -0.05) is 0 Å². The number of aromatic nitrogens is 2. The SMILES string of the molecule is Cn1nc(C2CC2)cc1S(=O)(=O)N1CCC2(CC1)C[C@@H](N1CC3(COC3)C1)CO2. The summed E-state index contributed by atoms with van der Waals surface area (Å²) < 4.78 is 41.3. The van der Waals surface area contributed by atoms with Crippen molar-refractivity contribution in [2.24, 2.45) is 12.5 Å². The molecule has 4 aliphatic heterocycles. The van der Waals surface area contributed by atoms with Crippen LogP contribution in [0.25, 0.3) is 0 Å². The lowest BCUT2D eigenvalue weighted by atomic mass is 9.76. The van der Waals surface area contributed by atoms with Crippen molar-refractivity contribution < 1.29 is 17.9 Å². The van der Waals surface area contributed by atoms with Crippen LogP contribution in [0.15, 0.2) is 11.1 Å². The predicted octanol–water partition coefficient (Wildman–Crippen LogP) is 0.942. The van der Waals surface area contributed by atoms with Crippen LogP contribution >= 0.6 is 0 Å². The third kappa shape index (κ3) is 3.00. The molecule has 0 amide bonds. The molecule has 9 heteroatoms. The molecule has 0 radical (unpaired) electrons. The fourth-order valence-electron chi connectivity index (χ4n) is 5.61. The van der Waals surface area contributed by atoms with Crippen molar-refractivity contribution in [3.8, 4) is 0 Å². The number of rotatable bonds is 4. The fourth-order valence-corrected chi connectivity index (χ4v) is 7.18. The van der Waals surface area contributed by atoms with Crippen LogP contribution in [0.1, 0.15) is 43.7 Å². The van der Waals surface area contributed by atoms with E-state index in [-0.39, 0.29) is 5.60 Å². The first-order chi connectivity index (χ1) is 13.9. The summed E-state index contributed by atoms with van der Waals surface area (Å²) in [5.41, 5.74) is 1.20. The quantitative estimate of drug-likeness (QED) is 0.719. The topological polar surface area (TPSA) is 76.9 Å². The summed E-state index contributed by atoms with van der Waals surface area (Å²) in [4.78, 5) is 2.54. The summed E-state index contributed by atoms with van der Waals surface area (Å²) in [7, 11) is -1.77. The highest BCUT2D eigenvalue weighted by atomic mass is 32.2. The molecule has 160 valence electrons. The molecule has 5 aliphatic rings. The number of sulfonamides is 1. The zero-order valence-electron chi connectivity index (χ0n) is 17.0. The van der Waals surface area contributed by atoms with Crippen molar-refractivity contribution in [1.82, 2.24) is 19.0 Å². The molecule has 2 spiro atoms. The zero-order valence-corrected chi connectivity index (χ0v) is 17.9. The van der Waals surface area contributed by atoms with Gasteiger partial charge >= 0.3 is 0 Å². The fraction of sp³-hybridized carbons (Fsp3) is 0.850. The normalized spacial score (nSPS) is 31.8. The molecule has 1 aromatic heterocycles. The van der Waals surface area contributed by atoms with Crippen LogP contribution in [0.2, 0.25) is 0 Å². The Hall–Kier alpha value is -1.00. The van der Waals surface area contributed by atoms with E-state index in [4.69, 9.17) is 9.47 Å². The van der Waals surface area contributed by atoms with Crippen LogP contribution in [0.5, 0.6) is 0 Å². The minimum absolute atomic E-state index is 0.152. The van der Waals surface area contributed by atoms with Crippen LogP contribution < -0.4 is 0 Å². The molecule has 1 aliphatic carbocycles. The average Bonchev–Trinajstić information content (AvgIpc) is 3.29. The van der Waals surface area contributed by atoms with E-state index < -0.39 is 10.0 Å². The average molecular weight is 423 g/mol. The van der Waals surface area contributed by atoms with Crippen LogP contribution in [0.3, 0.4) is 0 Å². The minimum Gasteiger partial charge on any atom is -0.380 e. The second-order valence-electron chi connectivity index (χ2n) is 9.96. The van der Waals surface area contributed by atoms with E-state index in [9.17, 15) is 8.42 Å². The molecule has 1 saturated carbocycles. The first-order valence-corrected chi connectivity index (χ1v) is 12.3. The zero-order chi connectivity index (χ0) is 19.9. The molecule has 0 aromatic carbocycles. The summed E-state index contributed by atoms with van der Waals surface area (Å²) in [6, 6.07) is 2.26. The largest absolute Gasteiger partial charge is 0.380 e. The molecular formula is C20H30N4O4S. The molecule has 5 fully saturated rings. The van der Waals surface area contributed by atoms with Gasteiger partial charge in [-0.25, -0.2) is 8.42 Å². The Morgan fingerprint density at radius 2 is 1.90 bits per heavy atom. The molecule has 0 bridgehead atoms.